The Morgan fingerprint density at radius 3 is 2.62 bits per heavy atom. The molecule has 1 atom stereocenters. The first-order chi connectivity index (χ1) is 9.85. The van der Waals surface area contributed by atoms with Crippen LogP contribution in [0.5, 0.6) is 5.75 Å². The monoisotopic (exact) mass is 357 g/mol. The number of carbonyl (C=O) groups is 1. The number of aliphatic carboxylic acids is 1. The van der Waals surface area contributed by atoms with Crippen LogP contribution in [-0.2, 0) is 11.3 Å². The van der Waals surface area contributed by atoms with Gasteiger partial charge in [-0.3, -0.25) is 0 Å². The number of benzene rings is 1. The molecule has 118 valence electrons. The molecule has 0 radical (unpaired) electrons. The fraction of sp³-hybridized carbons (Fsp3) is 0.562. The molecule has 2 N–H and O–H groups in total. The molecular formula is C16H24BrNO3. The summed E-state index contributed by atoms with van der Waals surface area (Å²) in [6.45, 7) is 9.59. The van der Waals surface area contributed by atoms with Crippen molar-refractivity contribution in [3.05, 3.63) is 27.7 Å². The zero-order valence-corrected chi connectivity index (χ0v) is 14.7. The summed E-state index contributed by atoms with van der Waals surface area (Å²) in [5.74, 6) is 0.301. The molecule has 1 unspecified atom stereocenters. The van der Waals surface area contributed by atoms with Crippen LogP contribution in [0.1, 0.15) is 38.3 Å². The number of aryl methyl sites for hydroxylation is 1. The van der Waals surface area contributed by atoms with Gasteiger partial charge in [-0.1, -0.05) is 36.7 Å². The first kappa shape index (κ1) is 18.0. The minimum Gasteiger partial charge on any atom is -0.479 e. The van der Waals surface area contributed by atoms with Gasteiger partial charge in [0.2, 0.25) is 0 Å². The lowest BCUT2D eigenvalue weighted by atomic mass is 10.1. The van der Waals surface area contributed by atoms with Crippen LogP contribution in [0, 0.1) is 12.8 Å². The van der Waals surface area contributed by atoms with E-state index in [2.05, 4.69) is 35.1 Å². The van der Waals surface area contributed by atoms with Gasteiger partial charge in [0.05, 0.1) is 0 Å². The maximum Gasteiger partial charge on any atom is 0.344 e. The second-order valence-corrected chi connectivity index (χ2v) is 6.50. The molecule has 0 aromatic heterocycles. The van der Waals surface area contributed by atoms with E-state index in [9.17, 15) is 4.79 Å². The zero-order chi connectivity index (χ0) is 16.0. The van der Waals surface area contributed by atoms with Gasteiger partial charge in [-0.15, -0.1) is 0 Å². The quantitative estimate of drug-likeness (QED) is 0.743. The molecule has 5 heteroatoms. The Hall–Kier alpha value is -1.07. The summed E-state index contributed by atoms with van der Waals surface area (Å²) in [7, 11) is 0. The van der Waals surface area contributed by atoms with Crippen LogP contribution in [0.25, 0.3) is 0 Å². The molecule has 0 spiro atoms. The lowest BCUT2D eigenvalue weighted by Gasteiger charge is -2.19. The molecular weight excluding hydrogens is 334 g/mol. The lowest BCUT2D eigenvalue weighted by Crippen LogP contribution is -2.27. The average Bonchev–Trinajstić information content (AvgIpc) is 2.36. The Bertz CT molecular complexity index is 489. The summed E-state index contributed by atoms with van der Waals surface area (Å²) < 4.78 is 6.71. The molecule has 0 aliphatic heterocycles. The van der Waals surface area contributed by atoms with Gasteiger partial charge in [0.15, 0.2) is 6.10 Å². The lowest BCUT2D eigenvalue weighted by molar-refractivity contribution is -0.145. The van der Waals surface area contributed by atoms with E-state index in [-0.39, 0.29) is 0 Å². The summed E-state index contributed by atoms with van der Waals surface area (Å²) in [5, 5.41) is 12.5. The largest absolute Gasteiger partial charge is 0.479 e. The highest BCUT2D eigenvalue weighted by molar-refractivity contribution is 9.10. The third-order valence-corrected chi connectivity index (χ3v) is 3.55. The first-order valence-electron chi connectivity index (χ1n) is 7.24. The Morgan fingerprint density at radius 2 is 2.10 bits per heavy atom. The van der Waals surface area contributed by atoms with E-state index < -0.39 is 12.1 Å². The van der Waals surface area contributed by atoms with Crippen molar-refractivity contribution in [3.63, 3.8) is 0 Å². The van der Waals surface area contributed by atoms with Crippen LogP contribution >= 0.6 is 15.9 Å². The van der Waals surface area contributed by atoms with E-state index in [4.69, 9.17) is 9.84 Å². The molecule has 0 heterocycles. The van der Waals surface area contributed by atoms with Gasteiger partial charge in [0.25, 0.3) is 0 Å². The zero-order valence-electron chi connectivity index (χ0n) is 13.1. The van der Waals surface area contributed by atoms with Crippen molar-refractivity contribution < 1.29 is 14.6 Å². The van der Waals surface area contributed by atoms with Gasteiger partial charge in [-0.05, 0) is 43.5 Å². The predicted molar refractivity (Wildman–Crippen MR) is 87.8 cm³/mol. The van der Waals surface area contributed by atoms with Crippen molar-refractivity contribution in [2.45, 2.75) is 46.8 Å². The molecule has 4 nitrogen and oxygen atoms in total. The maximum absolute atomic E-state index is 11.2. The highest BCUT2D eigenvalue weighted by atomic mass is 79.9. The number of carboxylic acids is 1. The standard InChI is InChI=1S/C16H24BrNO3/c1-5-14(16(19)20)21-15-11(4)6-13(17)7-12(15)9-18-8-10(2)3/h6-7,10,14,18H,5,8-9H2,1-4H3,(H,19,20). The predicted octanol–water partition coefficient (Wildman–Crippen LogP) is 3.75. The summed E-state index contributed by atoms with van der Waals surface area (Å²) in [6, 6.07) is 3.92. The molecule has 0 aliphatic carbocycles. The van der Waals surface area contributed by atoms with Gasteiger partial charge in [-0.2, -0.15) is 0 Å². The Labute approximate surface area is 135 Å². The molecule has 0 fully saturated rings. The number of halogens is 1. The minimum atomic E-state index is -0.930. The molecule has 0 aliphatic rings. The average molecular weight is 358 g/mol. The van der Waals surface area contributed by atoms with Crippen LogP contribution in [0.15, 0.2) is 16.6 Å². The SMILES string of the molecule is CCC(Oc1c(C)cc(Br)cc1CNCC(C)C)C(=O)O. The number of hydrogen-bond acceptors (Lipinski definition) is 3. The van der Waals surface area contributed by atoms with Crippen LogP contribution < -0.4 is 10.1 Å². The molecule has 21 heavy (non-hydrogen) atoms. The van der Waals surface area contributed by atoms with Gasteiger partial charge in [0, 0.05) is 16.6 Å². The summed E-state index contributed by atoms with van der Waals surface area (Å²) >= 11 is 3.48. The van der Waals surface area contributed by atoms with Crippen LogP contribution in [-0.4, -0.2) is 23.7 Å². The van der Waals surface area contributed by atoms with Crippen molar-refractivity contribution in [1.29, 1.82) is 0 Å². The number of ether oxygens (including phenoxy) is 1. The normalized spacial score (nSPS) is 12.5. The Morgan fingerprint density at radius 1 is 1.43 bits per heavy atom. The molecule has 0 saturated heterocycles. The smallest absolute Gasteiger partial charge is 0.344 e. The first-order valence-corrected chi connectivity index (χ1v) is 8.03. The second-order valence-electron chi connectivity index (χ2n) is 5.59. The Kier molecular flexibility index (Phi) is 7.18. The summed E-state index contributed by atoms with van der Waals surface area (Å²) in [4.78, 5) is 11.2. The number of carboxylic acid groups (broad SMARTS) is 1. The fourth-order valence-electron chi connectivity index (χ4n) is 2.05. The van der Waals surface area contributed by atoms with Crippen LogP contribution in [0.3, 0.4) is 0 Å². The molecule has 1 aromatic rings. The number of hydrogen-bond donors (Lipinski definition) is 2. The van der Waals surface area contributed by atoms with E-state index in [1.54, 1.807) is 0 Å². The molecule has 0 saturated carbocycles. The molecule has 0 bridgehead atoms. The third-order valence-electron chi connectivity index (χ3n) is 3.09. The molecule has 1 aromatic carbocycles. The highest BCUT2D eigenvalue weighted by Gasteiger charge is 2.20. The van der Waals surface area contributed by atoms with Crippen LogP contribution in [0.2, 0.25) is 0 Å². The fourth-order valence-corrected chi connectivity index (χ4v) is 2.67. The van der Waals surface area contributed by atoms with Gasteiger partial charge >= 0.3 is 5.97 Å². The second kappa shape index (κ2) is 8.39. The van der Waals surface area contributed by atoms with E-state index in [1.807, 2.05) is 26.0 Å². The molecule has 1 rings (SSSR count). The maximum atomic E-state index is 11.2. The van der Waals surface area contributed by atoms with E-state index in [0.29, 0.717) is 24.6 Å². The van der Waals surface area contributed by atoms with E-state index in [1.165, 1.54) is 0 Å². The van der Waals surface area contributed by atoms with E-state index in [0.717, 1.165) is 22.1 Å². The van der Waals surface area contributed by atoms with Crippen molar-refractivity contribution in [1.82, 2.24) is 5.32 Å². The highest BCUT2D eigenvalue weighted by Crippen LogP contribution is 2.29. The topological polar surface area (TPSA) is 58.6 Å². The Balaban J connectivity index is 2.96. The molecule has 0 amide bonds. The van der Waals surface area contributed by atoms with Crippen molar-refractivity contribution >= 4 is 21.9 Å². The van der Waals surface area contributed by atoms with Gasteiger partial charge in [-0.25, -0.2) is 4.79 Å². The summed E-state index contributed by atoms with van der Waals surface area (Å²) in [5.41, 5.74) is 1.91. The van der Waals surface area contributed by atoms with Gasteiger partial charge in [0.1, 0.15) is 5.75 Å². The summed E-state index contributed by atoms with van der Waals surface area (Å²) in [6.07, 6.45) is -0.377. The van der Waals surface area contributed by atoms with Crippen molar-refractivity contribution in [3.8, 4) is 5.75 Å². The number of nitrogens with one attached hydrogen (secondary N) is 1. The third kappa shape index (κ3) is 5.67. The minimum absolute atomic E-state index is 0.434. The van der Waals surface area contributed by atoms with E-state index >= 15 is 0 Å². The number of rotatable bonds is 8. The van der Waals surface area contributed by atoms with Crippen LogP contribution in [0.4, 0.5) is 0 Å². The van der Waals surface area contributed by atoms with Crippen molar-refractivity contribution in [2.24, 2.45) is 5.92 Å². The van der Waals surface area contributed by atoms with Gasteiger partial charge < -0.3 is 15.2 Å². The van der Waals surface area contributed by atoms with Crippen molar-refractivity contribution in [2.75, 3.05) is 6.54 Å².